The number of carbonyl (C=O) groups is 2. The summed E-state index contributed by atoms with van der Waals surface area (Å²) in [4.78, 5) is 28.2. The summed E-state index contributed by atoms with van der Waals surface area (Å²) in [6.45, 7) is 8.13. The zero-order chi connectivity index (χ0) is 25.5. The molecule has 2 rings (SSSR count). The van der Waals surface area contributed by atoms with Crippen LogP contribution >= 0.6 is 22.6 Å². The fourth-order valence-electron chi connectivity index (χ4n) is 3.53. The van der Waals surface area contributed by atoms with Crippen LogP contribution in [0.25, 0.3) is 0 Å². The molecule has 1 N–H and O–H groups in total. The molecule has 7 nitrogen and oxygen atoms in total. The van der Waals surface area contributed by atoms with Crippen molar-refractivity contribution in [1.29, 1.82) is 0 Å². The zero-order valence-electron chi connectivity index (χ0n) is 20.4. The summed E-state index contributed by atoms with van der Waals surface area (Å²) < 4.78 is 27.3. The van der Waals surface area contributed by atoms with Crippen LogP contribution in [0.4, 0.5) is 5.69 Å². The molecule has 9 heteroatoms. The van der Waals surface area contributed by atoms with Crippen molar-refractivity contribution < 1.29 is 18.0 Å². The number of benzene rings is 2. The van der Waals surface area contributed by atoms with E-state index in [0.717, 1.165) is 25.3 Å². The number of nitrogens with one attached hydrogen (secondary N) is 1. The summed E-state index contributed by atoms with van der Waals surface area (Å²) in [7, 11) is -3.73. The topological polar surface area (TPSA) is 86.8 Å². The van der Waals surface area contributed by atoms with Gasteiger partial charge >= 0.3 is 0 Å². The largest absolute Gasteiger partial charge is 0.354 e. The van der Waals surface area contributed by atoms with Crippen LogP contribution in [-0.4, -0.2) is 50.5 Å². The highest BCUT2D eigenvalue weighted by molar-refractivity contribution is 14.1. The molecule has 0 saturated heterocycles. The Labute approximate surface area is 217 Å². The first-order valence-electron chi connectivity index (χ1n) is 11.3. The SMILES string of the molecule is CC[C@@H](C(=O)NCC(C)C)N(Cc1ccccc1C)C(=O)CN(c1ccc(I)cc1)S(C)(=O)=O. The molecule has 0 heterocycles. The number of hydrogen-bond acceptors (Lipinski definition) is 4. The minimum absolute atomic E-state index is 0.212. The van der Waals surface area contributed by atoms with Crippen LogP contribution in [0, 0.1) is 16.4 Å². The Morgan fingerprint density at radius 3 is 2.21 bits per heavy atom. The van der Waals surface area contributed by atoms with Gasteiger partial charge in [-0.25, -0.2) is 8.42 Å². The molecule has 0 aliphatic carbocycles. The average molecular weight is 600 g/mol. The van der Waals surface area contributed by atoms with Crippen LogP contribution in [0.2, 0.25) is 0 Å². The number of rotatable bonds is 11. The highest BCUT2D eigenvalue weighted by atomic mass is 127. The number of carbonyl (C=O) groups excluding carboxylic acids is 2. The van der Waals surface area contributed by atoms with Crippen molar-refractivity contribution in [3.63, 3.8) is 0 Å². The second-order valence-corrected chi connectivity index (χ2v) is 11.9. The minimum Gasteiger partial charge on any atom is -0.354 e. The molecule has 34 heavy (non-hydrogen) atoms. The summed E-state index contributed by atoms with van der Waals surface area (Å²) in [5.74, 6) is -0.402. The molecule has 0 radical (unpaired) electrons. The maximum Gasteiger partial charge on any atom is 0.244 e. The molecule has 2 aromatic rings. The first-order valence-corrected chi connectivity index (χ1v) is 14.2. The predicted octanol–water partition coefficient (Wildman–Crippen LogP) is 3.95. The summed E-state index contributed by atoms with van der Waals surface area (Å²) >= 11 is 2.14. The number of halogens is 1. The Morgan fingerprint density at radius 1 is 1.06 bits per heavy atom. The molecule has 2 amide bonds. The van der Waals surface area contributed by atoms with Gasteiger partial charge in [0.15, 0.2) is 0 Å². The lowest BCUT2D eigenvalue weighted by Crippen LogP contribution is -2.52. The molecule has 186 valence electrons. The number of amides is 2. The highest BCUT2D eigenvalue weighted by Crippen LogP contribution is 2.21. The molecule has 0 saturated carbocycles. The third-order valence-corrected chi connectivity index (χ3v) is 7.33. The van der Waals surface area contributed by atoms with E-state index in [9.17, 15) is 18.0 Å². The van der Waals surface area contributed by atoms with Crippen LogP contribution in [0.1, 0.15) is 38.3 Å². The molecular weight excluding hydrogens is 565 g/mol. The van der Waals surface area contributed by atoms with Gasteiger partial charge in [0, 0.05) is 16.7 Å². The Bertz CT molecular complexity index is 1090. The van der Waals surface area contributed by atoms with E-state index >= 15 is 0 Å². The fourth-order valence-corrected chi connectivity index (χ4v) is 4.74. The van der Waals surface area contributed by atoms with Crippen molar-refractivity contribution >= 4 is 50.1 Å². The molecule has 0 aliphatic heterocycles. The van der Waals surface area contributed by atoms with Gasteiger partial charge in [0.05, 0.1) is 11.9 Å². The first kappa shape index (κ1) is 28.1. The molecule has 1 atom stereocenters. The summed E-state index contributed by atoms with van der Waals surface area (Å²) in [6.07, 6.45) is 1.49. The van der Waals surface area contributed by atoms with Gasteiger partial charge in [0.25, 0.3) is 0 Å². The normalized spacial score (nSPS) is 12.3. The van der Waals surface area contributed by atoms with Crippen molar-refractivity contribution in [2.45, 2.75) is 46.7 Å². The van der Waals surface area contributed by atoms with Crippen molar-refractivity contribution in [2.75, 3.05) is 23.7 Å². The van der Waals surface area contributed by atoms with Crippen LogP contribution in [0.15, 0.2) is 48.5 Å². The smallest absolute Gasteiger partial charge is 0.244 e. The third kappa shape index (κ3) is 7.97. The summed E-state index contributed by atoms with van der Waals surface area (Å²) in [5.41, 5.74) is 2.31. The van der Waals surface area contributed by atoms with E-state index in [0.29, 0.717) is 18.7 Å². The number of sulfonamides is 1. The van der Waals surface area contributed by atoms with Crippen LogP contribution in [0.5, 0.6) is 0 Å². The number of hydrogen-bond donors (Lipinski definition) is 1. The number of nitrogens with zero attached hydrogens (tertiary/aromatic N) is 2. The molecule has 0 spiro atoms. The summed E-state index contributed by atoms with van der Waals surface area (Å²) in [5, 5.41) is 2.92. The highest BCUT2D eigenvalue weighted by Gasteiger charge is 2.31. The lowest BCUT2D eigenvalue weighted by atomic mass is 10.1. The maximum absolute atomic E-state index is 13.6. The lowest BCUT2D eigenvalue weighted by Gasteiger charge is -2.33. The van der Waals surface area contributed by atoms with Gasteiger partial charge in [-0.1, -0.05) is 45.0 Å². The van der Waals surface area contributed by atoms with E-state index in [2.05, 4.69) is 27.9 Å². The van der Waals surface area contributed by atoms with Crippen molar-refractivity contribution in [1.82, 2.24) is 10.2 Å². The van der Waals surface area contributed by atoms with Crippen molar-refractivity contribution in [3.8, 4) is 0 Å². The standard InChI is InChI=1S/C25H34IN3O4S/c1-6-23(25(31)27-15-18(2)3)28(16-20-10-8-7-9-19(20)4)24(30)17-29(34(5,32)33)22-13-11-21(26)12-14-22/h7-14,18,23H,6,15-17H2,1-5H3,(H,27,31)/t23-/m0/s1. The van der Waals surface area contributed by atoms with E-state index in [1.165, 1.54) is 4.90 Å². The van der Waals surface area contributed by atoms with Crippen LogP contribution < -0.4 is 9.62 Å². The molecule has 0 unspecified atom stereocenters. The molecule has 0 aliphatic rings. The lowest BCUT2D eigenvalue weighted by molar-refractivity contribution is -0.140. The van der Waals surface area contributed by atoms with Gasteiger partial charge in [0.2, 0.25) is 21.8 Å². The maximum atomic E-state index is 13.6. The van der Waals surface area contributed by atoms with Gasteiger partial charge < -0.3 is 10.2 Å². The number of anilines is 1. The summed E-state index contributed by atoms with van der Waals surface area (Å²) in [6, 6.07) is 13.9. The fraction of sp³-hybridized carbons (Fsp3) is 0.440. The monoisotopic (exact) mass is 599 g/mol. The first-order chi connectivity index (χ1) is 15.9. The number of aryl methyl sites for hydroxylation is 1. The van der Waals surface area contributed by atoms with E-state index in [-0.39, 0.29) is 24.9 Å². The van der Waals surface area contributed by atoms with Gasteiger partial charge in [-0.3, -0.25) is 13.9 Å². The molecular formula is C25H34IN3O4S. The molecule has 0 aromatic heterocycles. The Hall–Kier alpha value is -2.14. The van der Waals surface area contributed by atoms with E-state index < -0.39 is 22.0 Å². The van der Waals surface area contributed by atoms with Crippen molar-refractivity contribution in [2.24, 2.45) is 5.92 Å². The second kappa shape index (κ2) is 12.5. The van der Waals surface area contributed by atoms with E-state index in [1.54, 1.807) is 24.3 Å². The Morgan fingerprint density at radius 2 is 1.68 bits per heavy atom. The van der Waals surface area contributed by atoms with E-state index in [4.69, 9.17) is 0 Å². The Kier molecular flexibility index (Phi) is 10.4. The zero-order valence-corrected chi connectivity index (χ0v) is 23.4. The average Bonchev–Trinajstić information content (AvgIpc) is 2.77. The van der Waals surface area contributed by atoms with Gasteiger partial charge in [-0.05, 0) is 77.2 Å². The van der Waals surface area contributed by atoms with E-state index in [1.807, 2.05) is 52.0 Å². The van der Waals surface area contributed by atoms with Gasteiger partial charge in [0.1, 0.15) is 12.6 Å². The van der Waals surface area contributed by atoms with Crippen LogP contribution in [-0.2, 0) is 26.2 Å². The molecule has 2 aromatic carbocycles. The second-order valence-electron chi connectivity index (χ2n) is 8.76. The minimum atomic E-state index is -3.73. The van der Waals surface area contributed by atoms with Gasteiger partial charge in [-0.2, -0.15) is 0 Å². The third-order valence-electron chi connectivity index (χ3n) is 5.47. The Balaban J connectivity index is 2.42. The molecule has 0 bridgehead atoms. The van der Waals surface area contributed by atoms with Crippen molar-refractivity contribution in [3.05, 3.63) is 63.2 Å². The predicted molar refractivity (Wildman–Crippen MR) is 145 cm³/mol. The molecule has 0 fully saturated rings. The van der Waals surface area contributed by atoms with Crippen LogP contribution in [0.3, 0.4) is 0 Å². The quantitative estimate of drug-likeness (QED) is 0.397. The van der Waals surface area contributed by atoms with Gasteiger partial charge in [-0.15, -0.1) is 0 Å².